The Morgan fingerprint density at radius 2 is 1.88 bits per heavy atom. The number of aryl methyl sites for hydroxylation is 2. The molecule has 2 aromatic carbocycles. The second-order valence-corrected chi connectivity index (χ2v) is 9.20. The Labute approximate surface area is 199 Å². The molecule has 0 saturated heterocycles. The number of nitro benzene ring substituents is 1. The van der Waals surface area contributed by atoms with E-state index in [1.807, 2.05) is 19.1 Å². The number of nitro groups is 1. The highest BCUT2D eigenvalue weighted by Gasteiger charge is 2.20. The third-order valence-electron chi connectivity index (χ3n) is 5.88. The van der Waals surface area contributed by atoms with E-state index in [-0.39, 0.29) is 17.9 Å². The average Bonchev–Trinajstić information content (AvgIpc) is 3.22. The van der Waals surface area contributed by atoms with Gasteiger partial charge in [-0.1, -0.05) is 0 Å². The molecule has 0 atom stereocenters. The van der Waals surface area contributed by atoms with Crippen LogP contribution in [0.4, 0.5) is 5.69 Å². The van der Waals surface area contributed by atoms with Crippen LogP contribution >= 0.6 is 11.3 Å². The molecular formula is C25H23N3O5S. The number of rotatable bonds is 7. The average molecular weight is 478 g/mol. The molecule has 5 rings (SSSR count). The van der Waals surface area contributed by atoms with Gasteiger partial charge in [0, 0.05) is 22.6 Å². The summed E-state index contributed by atoms with van der Waals surface area (Å²) in [5.41, 5.74) is 2.63. The number of H-pyrrole nitrogens is 1. The van der Waals surface area contributed by atoms with E-state index in [2.05, 4.69) is 4.98 Å². The van der Waals surface area contributed by atoms with Gasteiger partial charge in [0.15, 0.2) is 11.5 Å². The van der Waals surface area contributed by atoms with Crippen LogP contribution in [0, 0.1) is 10.1 Å². The number of ether oxygens (including phenoxy) is 2. The Morgan fingerprint density at radius 3 is 2.65 bits per heavy atom. The maximum atomic E-state index is 12.9. The molecule has 4 aromatic rings. The van der Waals surface area contributed by atoms with Crippen molar-refractivity contribution < 1.29 is 14.4 Å². The number of hydrogen-bond acceptors (Lipinski definition) is 7. The highest BCUT2D eigenvalue weighted by molar-refractivity contribution is 7.18. The number of aromatic nitrogens is 2. The highest BCUT2D eigenvalue weighted by Crippen LogP contribution is 2.36. The Bertz CT molecular complexity index is 1430. The van der Waals surface area contributed by atoms with Crippen LogP contribution in [0.25, 0.3) is 21.6 Å². The van der Waals surface area contributed by atoms with Crippen molar-refractivity contribution in [3.63, 3.8) is 0 Å². The number of aromatic amines is 1. The lowest BCUT2D eigenvalue weighted by Crippen LogP contribution is -2.11. The SMILES string of the molecule is CCOc1cc(-c2nc3sc4c(c3c(=O)[nH]2)CCCC4)ccc1OCc1ccc([N+](=O)[O-])cc1. The normalized spacial score (nSPS) is 13.0. The molecule has 0 aliphatic heterocycles. The third kappa shape index (κ3) is 4.26. The van der Waals surface area contributed by atoms with E-state index in [4.69, 9.17) is 14.5 Å². The number of nitrogens with zero attached hydrogens (tertiary/aromatic N) is 2. The van der Waals surface area contributed by atoms with Gasteiger partial charge >= 0.3 is 0 Å². The summed E-state index contributed by atoms with van der Waals surface area (Å²) < 4.78 is 11.7. The van der Waals surface area contributed by atoms with Crippen LogP contribution in [0.2, 0.25) is 0 Å². The minimum absolute atomic E-state index is 0.0353. The van der Waals surface area contributed by atoms with Crippen LogP contribution in [0.1, 0.15) is 35.8 Å². The molecule has 1 aliphatic rings. The first-order valence-electron chi connectivity index (χ1n) is 11.2. The lowest BCUT2D eigenvalue weighted by molar-refractivity contribution is -0.384. The molecule has 2 aromatic heterocycles. The van der Waals surface area contributed by atoms with Crippen molar-refractivity contribution in [3.8, 4) is 22.9 Å². The summed E-state index contributed by atoms with van der Waals surface area (Å²) in [6.07, 6.45) is 4.22. The molecule has 0 amide bonds. The molecule has 8 nitrogen and oxygen atoms in total. The molecular weight excluding hydrogens is 454 g/mol. The number of benzene rings is 2. The minimum atomic E-state index is -0.433. The Balaban J connectivity index is 1.43. The van der Waals surface area contributed by atoms with Crippen molar-refractivity contribution in [2.75, 3.05) is 6.61 Å². The fraction of sp³-hybridized carbons (Fsp3) is 0.280. The third-order valence-corrected chi connectivity index (χ3v) is 7.07. The first-order valence-corrected chi connectivity index (χ1v) is 12.0. The fourth-order valence-electron chi connectivity index (χ4n) is 4.22. The maximum absolute atomic E-state index is 12.9. The molecule has 0 bridgehead atoms. The van der Waals surface area contributed by atoms with Gasteiger partial charge in [-0.2, -0.15) is 0 Å². The van der Waals surface area contributed by atoms with E-state index in [0.717, 1.165) is 52.6 Å². The van der Waals surface area contributed by atoms with Gasteiger partial charge in [0.05, 0.1) is 16.9 Å². The molecule has 1 aliphatic carbocycles. The summed E-state index contributed by atoms with van der Waals surface area (Å²) in [4.78, 5) is 33.1. The molecule has 34 heavy (non-hydrogen) atoms. The molecule has 0 fully saturated rings. The quantitative estimate of drug-likeness (QED) is 0.281. The topological polar surface area (TPSA) is 107 Å². The number of thiophene rings is 1. The predicted molar refractivity (Wildman–Crippen MR) is 131 cm³/mol. The Kier molecular flexibility index (Phi) is 6.02. The predicted octanol–water partition coefficient (Wildman–Crippen LogP) is 5.42. The second-order valence-electron chi connectivity index (χ2n) is 8.11. The minimum Gasteiger partial charge on any atom is -0.490 e. The standard InChI is InChI=1S/C25H23N3O5S/c1-2-32-20-13-16(9-12-19(20)33-14-15-7-10-17(11-8-15)28(30)31)23-26-24(29)22-18-5-3-4-6-21(18)34-25(22)27-23/h7-13H,2-6,14H2,1H3,(H,26,27,29). The van der Waals surface area contributed by atoms with Crippen molar-refractivity contribution in [1.82, 2.24) is 9.97 Å². The molecule has 0 saturated carbocycles. The van der Waals surface area contributed by atoms with Crippen LogP contribution in [0.15, 0.2) is 47.3 Å². The van der Waals surface area contributed by atoms with E-state index in [1.54, 1.807) is 29.5 Å². The van der Waals surface area contributed by atoms with E-state index in [0.29, 0.717) is 23.9 Å². The summed E-state index contributed by atoms with van der Waals surface area (Å²) in [7, 11) is 0. The van der Waals surface area contributed by atoms with Crippen molar-refractivity contribution in [1.29, 1.82) is 0 Å². The zero-order valence-electron chi connectivity index (χ0n) is 18.6. The lowest BCUT2D eigenvalue weighted by atomic mass is 9.97. The van der Waals surface area contributed by atoms with Crippen molar-refractivity contribution in [3.05, 3.63) is 78.9 Å². The van der Waals surface area contributed by atoms with Crippen molar-refractivity contribution in [2.24, 2.45) is 0 Å². The van der Waals surface area contributed by atoms with Gasteiger partial charge in [-0.05, 0) is 74.1 Å². The molecule has 0 unspecified atom stereocenters. The second kappa shape index (κ2) is 9.26. The first-order chi connectivity index (χ1) is 16.5. The zero-order valence-corrected chi connectivity index (χ0v) is 19.4. The summed E-state index contributed by atoms with van der Waals surface area (Å²) in [6.45, 7) is 2.56. The van der Waals surface area contributed by atoms with E-state index >= 15 is 0 Å². The molecule has 9 heteroatoms. The van der Waals surface area contributed by atoms with Gasteiger partial charge in [-0.15, -0.1) is 11.3 Å². The van der Waals surface area contributed by atoms with Crippen molar-refractivity contribution in [2.45, 2.75) is 39.2 Å². The van der Waals surface area contributed by atoms with Gasteiger partial charge in [0.25, 0.3) is 11.2 Å². The van der Waals surface area contributed by atoms with Crippen LogP contribution in [-0.4, -0.2) is 21.5 Å². The van der Waals surface area contributed by atoms with E-state index in [9.17, 15) is 14.9 Å². The van der Waals surface area contributed by atoms with Crippen LogP contribution < -0.4 is 15.0 Å². The Morgan fingerprint density at radius 1 is 1.09 bits per heavy atom. The van der Waals surface area contributed by atoms with E-state index < -0.39 is 4.92 Å². The number of hydrogen-bond donors (Lipinski definition) is 1. The fourth-order valence-corrected chi connectivity index (χ4v) is 5.48. The van der Waals surface area contributed by atoms with Crippen LogP contribution in [-0.2, 0) is 19.4 Å². The monoisotopic (exact) mass is 477 g/mol. The molecule has 0 radical (unpaired) electrons. The molecule has 174 valence electrons. The van der Waals surface area contributed by atoms with Crippen LogP contribution in [0.5, 0.6) is 11.5 Å². The first kappa shape index (κ1) is 22.1. The van der Waals surface area contributed by atoms with Gasteiger partial charge in [0.2, 0.25) is 0 Å². The molecule has 1 N–H and O–H groups in total. The Hall–Kier alpha value is -3.72. The summed E-state index contributed by atoms with van der Waals surface area (Å²) in [6, 6.07) is 11.7. The van der Waals surface area contributed by atoms with Crippen LogP contribution in [0.3, 0.4) is 0 Å². The van der Waals surface area contributed by atoms with Gasteiger partial charge < -0.3 is 14.5 Å². The zero-order chi connectivity index (χ0) is 23.7. The van der Waals surface area contributed by atoms with Gasteiger partial charge in [-0.3, -0.25) is 14.9 Å². The number of non-ortho nitro benzene ring substituents is 1. The molecule has 2 heterocycles. The summed E-state index contributed by atoms with van der Waals surface area (Å²) in [5, 5.41) is 11.6. The van der Waals surface area contributed by atoms with Gasteiger partial charge in [-0.25, -0.2) is 4.98 Å². The number of nitrogens with one attached hydrogen (secondary N) is 1. The maximum Gasteiger partial charge on any atom is 0.269 e. The van der Waals surface area contributed by atoms with Crippen molar-refractivity contribution >= 4 is 27.2 Å². The number of fused-ring (bicyclic) bond motifs is 3. The summed E-state index contributed by atoms with van der Waals surface area (Å²) in [5.74, 6) is 1.58. The van der Waals surface area contributed by atoms with Gasteiger partial charge in [0.1, 0.15) is 17.3 Å². The molecule has 0 spiro atoms. The summed E-state index contributed by atoms with van der Waals surface area (Å²) >= 11 is 1.62. The smallest absolute Gasteiger partial charge is 0.269 e. The van der Waals surface area contributed by atoms with E-state index in [1.165, 1.54) is 17.0 Å². The largest absolute Gasteiger partial charge is 0.490 e. The highest BCUT2D eigenvalue weighted by atomic mass is 32.1. The lowest BCUT2D eigenvalue weighted by Gasteiger charge is -2.13.